The molecule has 164 valence electrons. The van der Waals surface area contributed by atoms with Crippen molar-refractivity contribution in [2.45, 2.75) is 26.9 Å². The molecule has 0 radical (unpaired) electrons. The molecule has 2 unspecified atom stereocenters. The first-order valence-electron chi connectivity index (χ1n) is 9.78. The van der Waals surface area contributed by atoms with Crippen molar-refractivity contribution in [2.24, 2.45) is 5.92 Å². The van der Waals surface area contributed by atoms with Gasteiger partial charge in [-0.25, -0.2) is 14.2 Å². The summed E-state index contributed by atoms with van der Waals surface area (Å²) >= 11 is 0. The predicted molar refractivity (Wildman–Crippen MR) is 111 cm³/mol. The molecule has 3 rings (SSSR count). The summed E-state index contributed by atoms with van der Waals surface area (Å²) < 4.78 is 22.6. The third-order valence-corrected chi connectivity index (χ3v) is 5.08. The minimum atomic E-state index is -0.836. The predicted octanol–water partition coefficient (Wildman–Crippen LogP) is 2.15. The van der Waals surface area contributed by atoms with Gasteiger partial charge in [-0.1, -0.05) is 25.1 Å². The van der Waals surface area contributed by atoms with Gasteiger partial charge in [0.2, 0.25) is 5.88 Å². The van der Waals surface area contributed by atoms with Crippen LogP contribution in [0, 0.1) is 5.92 Å². The summed E-state index contributed by atoms with van der Waals surface area (Å²) in [5.41, 5.74) is -0.576. The van der Waals surface area contributed by atoms with Crippen LogP contribution in [0.25, 0.3) is 11.3 Å². The topological polar surface area (TPSA) is 106 Å². The molecule has 1 aromatic heterocycles. The number of hydrogen-bond donors (Lipinski definition) is 0. The van der Waals surface area contributed by atoms with Crippen LogP contribution < -0.4 is 15.0 Å². The molecule has 0 saturated carbocycles. The van der Waals surface area contributed by atoms with Crippen molar-refractivity contribution < 1.29 is 28.5 Å². The third kappa shape index (κ3) is 3.90. The first-order valence-corrected chi connectivity index (χ1v) is 9.78. The van der Waals surface area contributed by atoms with E-state index < -0.39 is 29.5 Å². The molecule has 31 heavy (non-hydrogen) atoms. The van der Waals surface area contributed by atoms with E-state index in [9.17, 15) is 14.4 Å². The zero-order valence-corrected chi connectivity index (χ0v) is 18.0. The highest BCUT2D eigenvalue weighted by Crippen LogP contribution is 2.37. The molecular formula is C22H24N2O7. The summed E-state index contributed by atoms with van der Waals surface area (Å²) in [7, 11) is 2.58. The molecule has 2 aromatic rings. The van der Waals surface area contributed by atoms with E-state index in [4.69, 9.17) is 18.9 Å². The number of nitrogens with zero attached hydrogens (tertiary/aromatic N) is 2. The van der Waals surface area contributed by atoms with Crippen LogP contribution in [0.2, 0.25) is 0 Å². The molecule has 0 aliphatic carbocycles. The number of aromatic nitrogens is 2. The highest BCUT2D eigenvalue weighted by molar-refractivity contribution is 6.23. The van der Waals surface area contributed by atoms with Gasteiger partial charge in [-0.05, 0) is 26.0 Å². The molecule has 2 atom stereocenters. The Kier molecular flexibility index (Phi) is 6.43. The van der Waals surface area contributed by atoms with E-state index in [1.165, 1.54) is 18.8 Å². The zero-order chi connectivity index (χ0) is 22.7. The van der Waals surface area contributed by atoms with Crippen LogP contribution in [-0.4, -0.2) is 48.4 Å². The number of fused-ring (bicyclic) bond motifs is 1. The second-order valence-corrected chi connectivity index (χ2v) is 6.87. The van der Waals surface area contributed by atoms with Crippen LogP contribution in [0.5, 0.6) is 11.9 Å². The van der Waals surface area contributed by atoms with E-state index in [1.807, 2.05) is 0 Å². The molecule has 0 bridgehead atoms. The Morgan fingerprint density at radius 1 is 1.13 bits per heavy atom. The Hall–Kier alpha value is -3.62. The monoisotopic (exact) mass is 428 g/mol. The Labute approximate surface area is 179 Å². The van der Waals surface area contributed by atoms with Gasteiger partial charge in [-0.15, -0.1) is 0 Å². The standard InChI is InChI=1S/C22H24N2O7/c1-6-30-21(27)16-15(20(26)28-4)12(2)13(3)31-18-17(16)19(25)24(22(23-18)29-5)14-10-8-7-9-11-14/h7-13H,6H2,1-5H3. The summed E-state index contributed by atoms with van der Waals surface area (Å²) in [4.78, 5) is 43.8. The summed E-state index contributed by atoms with van der Waals surface area (Å²) in [6.07, 6.45) is -0.594. The van der Waals surface area contributed by atoms with E-state index >= 15 is 0 Å². The van der Waals surface area contributed by atoms with Crippen LogP contribution in [0.3, 0.4) is 0 Å². The molecule has 0 amide bonds. The highest BCUT2D eigenvalue weighted by atomic mass is 16.5. The van der Waals surface area contributed by atoms with Gasteiger partial charge in [0.15, 0.2) is 0 Å². The van der Waals surface area contributed by atoms with Crippen LogP contribution in [0.1, 0.15) is 26.3 Å². The van der Waals surface area contributed by atoms with Crippen LogP contribution in [0.4, 0.5) is 0 Å². The first kappa shape index (κ1) is 22.1. The van der Waals surface area contributed by atoms with Gasteiger partial charge in [-0.3, -0.25) is 4.79 Å². The van der Waals surface area contributed by atoms with Crippen molar-refractivity contribution in [2.75, 3.05) is 20.8 Å². The Morgan fingerprint density at radius 3 is 2.39 bits per heavy atom. The van der Waals surface area contributed by atoms with Crippen molar-refractivity contribution in [3.05, 3.63) is 51.8 Å². The van der Waals surface area contributed by atoms with Gasteiger partial charge in [0.05, 0.1) is 37.7 Å². The maximum atomic E-state index is 13.7. The fraction of sp³-hybridized carbons (Fsp3) is 0.364. The largest absolute Gasteiger partial charge is 0.473 e. The van der Waals surface area contributed by atoms with E-state index in [-0.39, 0.29) is 35.2 Å². The van der Waals surface area contributed by atoms with E-state index in [0.29, 0.717) is 5.69 Å². The highest BCUT2D eigenvalue weighted by Gasteiger charge is 2.39. The molecule has 0 saturated heterocycles. The molecule has 2 heterocycles. The Morgan fingerprint density at radius 2 is 1.81 bits per heavy atom. The lowest BCUT2D eigenvalue weighted by Crippen LogP contribution is -2.28. The summed E-state index contributed by atoms with van der Waals surface area (Å²) in [5, 5.41) is 0. The third-order valence-electron chi connectivity index (χ3n) is 5.08. The van der Waals surface area contributed by atoms with Crippen LogP contribution in [0.15, 0.2) is 40.7 Å². The minimum Gasteiger partial charge on any atom is -0.473 e. The van der Waals surface area contributed by atoms with Gasteiger partial charge in [0.25, 0.3) is 5.56 Å². The quantitative estimate of drug-likeness (QED) is 0.667. The van der Waals surface area contributed by atoms with Crippen molar-refractivity contribution in [3.63, 3.8) is 0 Å². The molecule has 1 aromatic carbocycles. The number of benzene rings is 1. The number of ether oxygens (including phenoxy) is 4. The number of carbonyl (C=O) groups is 2. The molecule has 0 N–H and O–H groups in total. The molecule has 0 spiro atoms. The van der Waals surface area contributed by atoms with Crippen molar-refractivity contribution >= 4 is 17.5 Å². The van der Waals surface area contributed by atoms with Gasteiger partial charge in [0, 0.05) is 5.92 Å². The zero-order valence-electron chi connectivity index (χ0n) is 18.0. The fourth-order valence-electron chi connectivity index (χ4n) is 3.41. The van der Waals surface area contributed by atoms with Crippen molar-refractivity contribution in [3.8, 4) is 17.6 Å². The van der Waals surface area contributed by atoms with Crippen LogP contribution >= 0.6 is 0 Å². The average molecular weight is 428 g/mol. The molecule has 9 nitrogen and oxygen atoms in total. The lowest BCUT2D eigenvalue weighted by atomic mass is 9.90. The molecule has 0 fully saturated rings. The number of carbonyl (C=O) groups excluding carboxylic acids is 2. The minimum absolute atomic E-state index is 0.00382. The van der Waals surface area contributed by atoms with Gasteiger partial charge >= 0.3 is 17.9 Å². The van der Waals surface area contributed by atoms with Gasteiger partial charge < -0.3 is 18.9 Å². The van der Waals surface area contributed by atoms with E-state index in [2.05, 4.69) is 4.98 Å². The molecule has 1 aliphatic heterocycles. The second-order valence-electron chi connectivity index (χ2n) is 6.87. The molecule has 9 heteroatoms. The smallest absolute Gasteiger partial charge is 0.339 e. The fourth-order valence-corrected chi connectivity index (χ4v) is 3.41. The maximum Gasteiger partial charge on any atom is 0.339 e. The van der Waals surface area contributed by atoms with E-state index in [1.54, 1.807) is 51.1 Å². The van der Waals surface area contributed by atoms with Gasteiger partial charge in [0.1, 0.15) is 11.7 Å². The van der Waals surface area contributed by atoms with Gasteiger partial charge in [-0.2, -0.15) is 4.98 Å². The number of para-hydroxylation sites is 1. The number of rotatable bonds is 5. The number of esters is 2. The molecular weight excluding hydrogens is 404 g/mol. The van der Waals surface area contributed by atoms with Crippen molar-refractivity contribution in [1.29, 1.82) is 0 Å². The Bertz CT molecular complexity index is 1090. The average Bonchev–Trinajstić information content (AvgIpc) is 2.88. The summed E-state index contributed by atoms with van der Waals surface area (Å²) in [6, 6.07) is 8.64. The lowest BCUT2D eigenvalue weighted by Gasteiger charge is -2.20. The number of methoxy groups -OCH3 is 2. The van der Waals surface area contributed by atoms with Crippen LogP contribution in [-0.2, 0) is 19.1 Å². The maximum absolute atomic E-state index is 13.7. The van der Waals surface area contributed by atoms with E-state index in [0.717, 1.165) is 0 Å². The molecule has 1 aliphatic rings. The summed E-state index contributed by atoms with van der Waals surface area (Å²) in [5.74, 6) is -2.29. The second kappa shape index (κ2) is 9.03. The normalized spacial score (nSPS) is 17.8. The Balaban J connectivity index is 2.47. The SMILES string of the molecule is CCOC(=O)C1=C(C(=O)OC)C(C)C(C)Oc2nc(OC)n(-c3ccccc3)c(=O)c21. The lowest BCUT2D eigenvalue weighted by molar-refractivity contribution is -0.139. The first-order chi connectivity index (χ1) is 14.8. The van der Waals surface area contributed by atoms with Crippen molar-refractivity contribution in [1.82, 2.24) is 9.55 Å². The number of hydrogen-bond acceptors (Lipinski definition) is 8. The summed E-state index contributed by atoms with van der Waals surface area (Å²) in [6.45, 7) is 5.09.